The maximum absolute atomic E-state index is 12.6. The summed E-state index contributed by atoms with van der Waals surface area (Å²) in [4.78, 5) is 26.8. The maximum atomic E-state index is 12.6. The number of nitrogens with one attached hydrogen (secondary N) is 1. The fourth-order valence-corrected chi connectivity index (χ4v) is 3.45. The van der Waals surface area contributed by atoms with Gasteiger partial charge in [-0.25, -0.2) is 0 Å². The monoisotopic (exact) mass is 376 g/mol. The number of nitrogens with zero attached hydrogens (tertiary/aromatic N) is 3. The van der Waals surface area contributed by atoms with E-state index in [-0.39, 0.29) is 23.7 Å². The molecule has 1 saturated heterocycles. The van der Waals surface area contributed by atoms with E-state index in [1.807, 2.05) is 59.5 Å². The Hall–Kier alpha value is -3.02. The van der Waals surface area contributed by atoms with Crippen molar-refractivity contribution >= 4 is 28.9 Å². The minimum absolute atomic E-state index is 0.0213. The molecule has 0 bridgehead atoms. The van der Waals surface area contributed by atoms with Crippen LogP contribution in [0.3, 0.4) is 0 Å². The Bertz CT molecular complexity index is 860. The molecule has 1 N–H and O–H groups in total. The van der Waals surface area contributed by atoms with Crippen molar-refractivity contribution in [2.75, 3.05) is 18.4 Å². The molecule has 0 radical (unpaired) electrons. The predicted octanol–water partition coefficient (Wildman–Crippen LogP) is 4.69. The lowest BCUT2D eigenvalue weighted by Gasteiger charge is -2.32. The lowest BCUT2D eigenvalue weighted by Crippen LogP contribution is -2.44. The van der Waals surface area contributed by atoms with Gasteiger partial charge in [-0.05, 0) is 62.1 Å². The summed E-state index contributed by atoms with van der Waals surface area (Å²) < 4.78 is 0. The third kappa shape index (κ3) is 4.63. The van der Waals surface area contributed by atoms with Gasteiger partial charge in [0.15, 0.2) is 0 Å². The van der Waals surface area contributed by atoms with Crippen LogP contribution >= 0.6 is 0 Å². The second-order valence-electron chi connectivity index (χ2n) is 7.47. The number of anilines is 1. The van der Waals surface area contributed by atoms with Crippen molar-refractivity contribution in [3.63, 3.8) is 0 Å². The SMILES string of the molecule is O=C(Nc1ccc(N=Nc2ccccc2)cc1)C1CCCN(C(=O)C2CC2)C1. The first-order valence-electron chi connectivity index (χ1n) is 9.85. The van der Waals surface area contributed by atoms with Crippen LogP contribution in [0.15, 0.2) is 64.8 Å². The second kappa shape index (κ2) is 8.33. The molecule has 1 saturated carbocycles. The molecular weight excluding hydrogens is 352 g/mol. The van der Waals surface area contributed by atoms with Crippen LogP contribution in [0.25, 0.3) is 0 Å². The fourth-order valence-electron chi connectivity index (χ4n) is 3.45. The maximum Gasteiger partial charge on any atom is 0.229 e. The van der Waals surface area contributed by atoms with Gasteiger partial charge in [-0.15, -0.1) is 0 Å². The molecule has 1 atom stereocenters. The molecule has 1 unspecified atom stereocenters. The van der Waals surface area contributed by atoms with Crippen molar-refractivity contribution in [2.45, 2.75) is 25.7 Å². The van der Waals surface area contributed by atoms with Crippen molar-refractivity contribution < 1.29 is 9.59 Å². The number of carbonyl (C=O) groups is 2. The standard InChI is InChI=1S/C22H24N4O2/c27-21(17-5-4-14-26(15-17)22(28)16-8-9-16)23-18-10-12-20(13-11-18)25-24-19-6-2-1-3-7-19/h1-3,6-7,10-13,16-17H,4-5,8-9,14-15H2,(H,23,27). The highest BCUT2D eigenvalue weighted by atomic mass is 16.2. The molecule has 2 aliphatic rings. The van der Waals surface area contributed by atoms with E-state index in [0.717, 1.165) is 49.3 Å². The molecule has 6 nitrogen and oxygen atoms in total. The van der Waals surface area contributed by atoms with Gasteiger partial charge in [0, 0.05) is 24.7 Å². The lowest BCUT2D eigenvalue weighted by molar-refractivity contribution is -0.135. The number of piperidine rings is 1. The van der Waals surface area contributed by atoms with Crippen molar-refractivity contribution in [3.8, 4) is 0 Å². The topological polar surface area (TPSA) is 74.1 Å². The summed E-state index contributed by atoms with van der Waals surface area (Å²) in [6.45, 7) is 1.31. The highest BCUT2D eigenvalue weighted by Crippen LogP contribution is 2.32. The van der Waals surface area contributed by atoms with Crippen LogP contribution in [-0.2, 0) is 9.59 Å². The van der Waals surface area contributed by atoms with Gasteiger partial charge in [0.25, 0.3) is 0 Å². The minimum Gasteiger partial charge on any atom is -0.342 e. The van der Waals surface area contributed by atoms with Crippen molar-refractivity contribution in [2.24, 2.45) is 22.1 Å². The number of hydrogen-bond donors (Lipinski definition) is 1. The molecule has 1 heterocycles. The highest BCUT2D eigenvalue weighted by molar-refractivity contribution is 5.93. The van der Waals surface area contributed by atoms with Gasteiger partial charge < -0.3 is 10.2 Å². The van der Waals surface area contributed by atoms with Crippen molar-refractivity contribution in [1.29, 1.82) is 0 Å². The summed E-state index contributed by atoms with van der Waals surface area (Å²) in [7, 11) is 0. The number of carbonyl (C=O) groups excluding carboxylic acids is 2. The van der Waals surface area contributed by atoms with Crippen LogP contribution in [0.4, 0.5) is 17.1 Å². The molecule has 2 amide bonds. The molecule has 0 spiro atoms. The molecule has 1 aliphatic carbocycles. The van der Waals surface area contributed by atoms with E-state index in [2.05, 4.69) is 15.5 Å². The summed E-state index contributed by atoms with van der Waals surface area (Å²) in [5, 5.41) is 11.4. The fraction of sp³-hybridized carbons (Fsp3) is 0.364. The molecule has 4 rings (SSSR count). The van der Waals surface area contributed by atoms with E-state index in [9.17, 15) is 9.59 Å². The van der Waals surface area contributed by atoms with Gasteiger partial charge in [0.2, 0.25) is 11.8 Å². The van der Waals surface area contributed by atoms with Gasteiger partial charge in [-0.1, -0.05) is 18.2 Å². The number of hydrogen-bond acceptors (Lipinski definition) is 4. The summed E-state index contributed by atoms with van der Waals surface area (Å²) >= 11 is 0. The Labute approximate surface area is 164 Å². The number of rotatable bonds is 5. The quantitative estimate of drug-likeness (QED) is 0.769. The summed E-state index contributed by atoms with van der Waals surface area (Å²) in [5.74, 6) is 0.269. The summed E-state index contributed by atoms with van der Waals surface area (Å²) in [6, 6.07) is 16.8. The van der Waals surface area contributed by atoms with E-state index < -0.39 is 0 Å². The zero-order valence-corrected chi connectivity index (χ0v) is 15.8. The van der Waals surface area contributed by atoms with E-state index >= 15 is 0 Å². The van der Waals surface area contributed by atoms with E-state index in [4.69, 9.17) is 0 Å². The van der Waals surface area contributed by atoms with Crippen LogP contribution in [0.5, 0.6) is 0 Å². The third-order valence-electron chi connectivity index (χ3n) is 5.20. The zero-order chi connectivity index (χ0) is 19.3. The van der Waals surface area contributed by atoms with Gasteiger partial charge >= 0.3 is 0 Å². The van der Waals surface area contributed by atoms with Crippen LogP contribution in [0, 0.1) is 11.8 Å². The molecule has 2 aromatic carbocycles. The Kier molecular flexibility index (Phi) is 5.46. The Balaban J connectivity index is 1.32. The first-order chi connectivity index (χ1) is 13.7. The highest BCUT2D eigenvalue weighted by Gasteiger charge is 2.36. The lowest BCUT2D eigenvalue weighted by atomic mass is 9.96. The average Bonchev–Trinajstić information content (AvgIpc) is 3.59. The minimum atomic E-state index is -0.145. The predicted molar refractivity (Wildman–Crippen MR) is 108 cm³/mol. The van der Waals surface area contributed by atoms with Crippen LogP contribution < -0.4 is 5.32 Å². The van der Waals surface area contributed by atoms with Gasteiger partial charge in [0.05, 0.1) is 17.3 Å². The second-order valence-corrected chi connectivity index (χ2v) is 7.47. The van der Waals surface area contributed by atoms with Crippen LogP contribution in [0.1, 0.15) is 25.7 Å². The summed E-state index contributed by atoms with van der Waals surface area (Å²) in [6.07, 6.45) is 3.71. The first kappa shape index (κ1) is 18.3. The molecule has 144 valence electrons. The van der Waals surface area contributed by atoms with Gasteiger partial charge in [-0.2, -0.15) is 10.2 Å². The number of amides is 2. The van der Waals surface area contributed by atoms with Gasteiger partial charge in [0.1, 0.15) is 0 Å². The first-order valence-corrected chi connectivity index (χ1v) is 9.85. The summed E-state index contributed by atoms with van der Waals surface area (Å²) in [5.41, 5.74) is 2.25. The Morgan fingerprint density at radius 3 is 2.21 bits per heavy atom. The third-order valence-corrected chi connectivity index (χ3v) is 5.20. The molecule has 28 heavy (non-hydrogen) atoms. The normalized spacial score (nSPS) is 19.6. The molecule has 1 aliphatic heterocycles. The van der Waals surface area contributed by atoms with E-state index in [0.29, 0.717) is 6.54 Å². The van der Waals surface area contributed by atoms with E-state index in [1.165, 1.54) is 0 Å². The zero-order valence-electron chi connectivity index (χ0n) is 15.8. The van der Waals surface area contributed by atoms with Crippen LogP contribution in [0.2, 0.25) is 0 Å². The molecular formula is C22H24N4O2. The number of likely N-dealkylation sites (tertiary alicyclic amines) is 1. The number of azo groups is 1. The van der Waals surface area contributed by atoms with Crippen LogP contribution in [-0.4, -0.2) is 29.8 Å². The average molecular weight is 376 g/mol. The molecule has 0 aromatic heterocycles. The molecule has 6 heteroatoms. The van der Waals surface area contributed by atoms with Gasteiger partial charge in [-0.3, -0.25) is 9.59 Å². The van der Waals surface area contributed by atoms with E-state index in [1.54, 1.807) is 0 Å². The molecule has 2 fully saturated rings. The Morgan fingerprint density at radius 1 is 0.857 bits per heavy atom. The largest absolute Gasteiger partial charge is 0.342 e. The smallest absolute Gasteiger partial charge is 0.229 e. The Morgan fingerprint density at radius 2 is 1.54 bits per heavy atom. The van der Waals surface area contributed by atoms with Crippen molar-refractivity contribution in [1.82, 2.24) is 4.90 Å². The van der Waals surface area contributed by atoms with Crippen molar-refractivity contribution in [3.05, 3.63) is 54.6 Å². The number of benzene rings is 2. The molecule has 2 aromatic rings.